The Morgan fingerprint density at radius 3 is 2.57 bits per heavy atom. The second-order valence-electron chi connectivity index (χ2n) is 5.46. The molecule has 0 spiro atoms. The van der Waals surface area contributed by atoms with Gasteiger partial charge in [0.1, 0.15) is 5.82 Å². The number of hydrogen-bond acceptors (Lipinski definition) is 2. The average Bonchev–Trinajstić information content (AvgIpc) is 3.29. The molecular weight excluding hydrogens is 331 g/mol. The summed E-state index contributed by atoms with van der Waals surface area (Å²) in [4.78, 5) is 2.09. The Morgan fingerprint density at radius 2 is 1.90 bits per heavy atom. The maximum absolute atomic E-state index is 13.1. The number of anilines is 2. The minimum absolute atomic E-state index is 0.210. The van der Waals surface area contributed by atoms with E-state index in [9.17, 15) is 4.39 Å². The Labute approximate surface area is 133 Å². The summed E-state index contributed by atoms with van der Waals surface area (Å²) in [6.45, 7) is 0.852. The van der Waals surface area contributed by atoms with Gasteiger partial charge < -0.3 is 10.2 Å². The van der Waals surface area contributed by atoms with Crippen molar-refractivity contribution >= 4 is 27.3 Å². The van der Waals surface area contributed by atoms with Crippen LogP contribution in [0.5, 0.6) is 0 Å². The van der Waals surface area contributed by atoms with Crippen molar-refractivity contribution in [2.24, 2.45) is 0 Å². The Hall–Kier alpha value is -1.39. The summed E-state index contributed by atoms with van der Waals surface area (Å²) in [7, 11) is 2.01. The first-order valence-electron chi connectivity index (χ1n) is 7.14. The van der Waals surface area contributed by atoms with Gasteiger partial charge in [0.15, 0.2) is 0 Å². The van der Waals surface area contributed by atoms with Crippen LogP contribution in [0.1, 0.15) is 18.4 Å². The SMILES string of the molecule is CN(c1ccc(F)cc1)c1ccc(Br)cc1CNC1CC1. The van der Waals surface area contributed by atoms with Crippen LogP contribution in [0.15, 0.2) is 46.9 Å². The van der Waals surface area contributed by atoms with Crippen molar-refractivity contribution < 1.29 is 4.39 Å². The zero-order chi connectivity index (χ0) is 14.8. The van der Waals surface area contributed by atoms with Crippen molar-refractivity contribution in [3.05, 3.63) is 58.3 Å². The van der Waals surface area contributed by atoms with Crippen LogP contribution in [0, 0.1) is 5.82 Å². The molecule has 1 aliphatic carbocycles. The lowest BCUT2D eigenvalue weighted by Gasteiger charge is -2.23. The molecule has 0 amide bonds. The molecule has 0 aliphatic heterocycles. The van der Waals surface area contributed by atoms with Gasteiger partial charge in [0.2, 0.25) is 0 Å². The highest BCUT2D eigenvalue weighted by Gasteiger charge is 2.21. The highest BCUT2D eigenvalue weighted by Crippen LogP contribution is 2.30. The molecule has 1 N–H and O–H groups in total. The van der Waals surface area contributed by atoms with E-state index < -0.39 is 0 Å². The fourth-order valence-corrected chi connectivity index (χ4v) is 2.78. The molecule has 4 heteroatoms. The van der Waals surface area contributed by atoms with Gasteiger partial charge in [0.25, 0.3) is 0 Å². The number of nitrogens with zero attached hydrogens (tertiary/aromatic N) is 1. The largest absolute Gasteiger partial charge is 0.344 e. The van der Waals surface area contributed by atoms with E-state index in [-0.39, 0.29) is 5.82 Å². The predicted octanol–water partition coefficient (Wildman–Crippen LogP) is 4.61. The van der Waals surface area contributed by atoms with Gasteiger partial charge in [-0.3, -0.25) is 0 Å². The Kier molecular flexibility index (Phi) is 4.27. The maximum Gasteiger partial charge on any atom is 0.123 e. The summed E-state index contributed by atoms with van der Waals surface area (Å²) >= 11 is 3.54. The van der Waals surface area contributed by atoms with Gasteiger partial charge in [-0.15, -0.1) is 0 Å². The topological polar surface area (TPSA) is 15.3 Å². The second-order valence-corrected chi connectivity index (χ2v) is 6.38. The van der Waals surface area contributed by atoms with Gasteiger partial charge in [0.05, 0.1) is 0 Å². The number of benzene rings is 2. The zero-order valence-corrected chi connectivity index (χ0v) is 13.5. The molecule has 0 bridgehead atoms. The van der Waals surface area contributed by atoms with Crippen LogP contribution in [-0.4, -0.2) is 13.1 Å². The van der Waals surface area contributed by atoms with Crippen molar-refractivity contribution in [1.82, 2.24) is 5.32 Å². The molecule has 0 heterocycles. The third-order valence-corrected chi connectivity index (χ3v) is 4.27. The third-order valence-electron chi connectivity index (χ3n) is 3.78. The van der Waals surface area contributed by atoms with E-state index in [1.54, 1.807) is 12.1 Å². The molecule has 1 saturated carbocycles. The highest BCUT2D eigenvalue weighted by atomic mass is 79.9. The summed E-state index contributed by atoms with van der Waals surface area (Å²) < 4.78 is 14.1. The average molecular weight is 349 g/mol. The van der Waals surface area contributed by atoms with Crippen molar-refractivity contribution in [2.45, 2.75) is 25.4 Å². The summed E-state index contributed by atoms with van der Waals surface area (Å²) in [6.07, 6.45) is 2.55. The normalized spacial score (nSPS) is 14.2. The minimum Gasteiger partial charge on any atom is -0.344 e. The van der Waals surface area contributed by atoms with E-state index in [1.165, 1.54) is 30.5 Å². The van der Waals surface area contributed by atoms with Crippen LogP contribution >= 0.6 is 15.9 Å². The first-order valence-corrected chi connectivity index (χ1v) is 7.94. The molecule has 0 atom stereocenters. The lowest BCUT2D eigenvalue weighted by molar-refractivity contribution is 0.628. The lowest BCUT2D eigenvalue weighted by Crippen LogP contribution is -2.19. The summed E-state index contributed by atoms with van der Waals surface area (Å²) in [6, 6.07) is 13.5. The fourth-order valence-electron chi connectivity index (χ4n) is 2.37. The monoisotopic (exact) mass is 348 g/mol. The molecule has 110 valence electrons. The molecule has 21 heavy (non-hydrogen) atoms. The first kappa shape index (κ1) is 14.5. The molecule has 2 aromatic carbocycles. The van der Waals surface area contributed by atoms with Gasteiger partial charge in [-0.05, 0) is 60.9 Å². The van der Waals surface area contributed by atoms with Crippen LogP contribution in [-0.2, 0) is 6.54 Å². The fraction of sp³-hybridized carbons (Fsp3) is 0.294. The van der Waals surface area contributed by atoms with Gasteiger partial charge in [-0.1, -0.05) is 15.9 Å². The summed E-state index contributed by atoms with van der Waals surface area (Å²) in [5, 5.41) is 3.55. The number of rotatable bonds is 5. The van der Waals surface area contributed by atoms with Gasteiger partial charge >= 0.3 is 0 Å². The predicted molar refractivity (Wildman–Crippen MR) is 88.5 cm³/mol. The standard InChI is InChI=1S/C17H18BrFN2/c1-21(16-7-3-14(19)4-8-16)17-9-2-13(18)10-12(17)11-20-15-5-6-15/h2-4,7-10,15,20H,5-6,11H2,1H3. The molecule has 1 fully saturated rings. The lowest BCUT2D eigenvalue weighted by atomic mass is 10.1. The molecule has 0 aromatic heterocycles. The van der Waals surface area contributed by atoms with Gasteiger partial charge in [0, 0.05) is 35.5 Å². The molecule has 3 rings (SSSR count). The number of nitrogens with one attached hydrogen (secondary N) is 1. The third kappa shape index (κ3) is 3.63. The molecule has 1 aliphatic rings. The first-order chi connectivity index (χ1) is 10.1. The van der Waals surface area contributed by atoms with Crippen molar-refractivity contribution in [3.63, 3.8) is 0 Å². The molecule has 2 aromatic rings. The number of halogens is 2. The minimum atomic E-state index is -0.210. The second kappa shape index (κ2) is 6.16. The van der Waals surface area contributed by atoms with E-state index in [2.05, 4.69) is 38.3 Å². The zero-order valence-electron chi connectivity index (χ0n) is 11.9. The smallest absolute Gasteiger partial charge is 0.123 e. The molecule has 0 saturated heterocycles. The molecule has 0 unspecified atom stereocenters. The molecular formula is C17H18BrFN2. The van der Waals surface area contributed by atoms with Crippen LogP contribution in [0.2, 0.25) is 0 Å². The van der Waals surface area contributed by atoms with Gasteiger partial charge in [-0.2, -0.15) is 0 Å². The van der Waals surface area contributed by atoms with Crippen LogP contribution in [0.4, 0.5) is 15.8 Å². The number of hydrogen-bond donors (Lipinski definition) is 1. The summed E-state index contributed by atoms with van der Waals surface area (Å²) in [5.41, 5.74) is 3.35. The van der Waals surface area contributed by atoms with Crippen LogP contribution in [0.25, 0.3) is 0 Å². The Balaban J connectivity index is 1.86. The molecule has 2 nitrogen and oxygen atoms in total. The van der Waals surface area contributed by atoms with Gasteiger partial charge in [-0.25, -0.2) is 4.39 Å². The van der Waals surface area contributed by atoms with E-state index in [1.807, 2.05) is 13.1 Å². The van der Waals surface area contributed by atoms with E-state index in [0.717, 1.165) is 22.4 Å². The Morgan fingerprint density at radius 1 is 1.19 bits per heavy atom. The van der Waals surface area contributed by atoms with Crippen molar-refractivity contribution in [1.29, 1.82) is 0 Å². The van der Waals surface area contributed by atoms with Crippen LogP contribution < -0.4 is 10.2 Å². The van der Waals surface area contributed by atoms with Crippen molar-refractivity contribution in [2.75, 3.05) is 11.9 Å². The van der Waals surface area contributed by atoms with Crippen molar-refractivity contribution in [3.8, 4) is 0 Å². The highest BCUT2D eigenvalue weighted by molar-refractivity contribution is 9.10. The van der Waals surface area contributed by atoms with E-state index in [4.69, 9.17) is 0 Å². The quantitative estimate of drug-likeness (QED) is 0.848. The van der Waals surface area contributed by atoms with E-state index >= 15 is 0 Å². The molecule has 0 radical (unpaired) electrons. The van der Waals surface area contributed by atoms with Crippen LogP contribution in [0.3, 0.4) is 0 Å². The maximum atomic E-state index is 13.1. The van der Waals surface area contributed by atoms with E-state index in [0.29, 0.717) is 6.04 Å². The Bertz CT molecular complexity index is 623. The summed E-state index contributed by atoms with van der Waals surface area (Å²) in [5.74, 6) is -0.210.